The number of nitrogens with zero attached hydrogens (tertiary/aromatic N) is 2. The predicted molar refractivity (Wildman–Crippen MR) is 76.3 cm³/mol. The van der Waals surface area contributed by atoms with Gasteiger partial charge < -0.3 is 5.32 Å². The minimum absolute atomic E-state index is 0.0460. The number of non-ortho nitro benzene ring substituents is 1. The molecule has 0 aliphatic rings. The summed E-state index contributed by atoms with van der Waals surface area (Å²) in [5.74, 6) is 0.557. The van der Waals surface area contributed by atoms with Crippen molar-refractivity contribution >= 4 is 22.3 Å². The average Bonchev–Trinajstić information content (AvgIpc) is 2.43. The number of anilines is 1. The SMILES string of the molecule is CCC(C)CNc1ccc([N+](=O)[O-])c2ncccc12. The maximum Gasteiger partial charge on any atom is 0.295 e. The molecule has 0 bridgehead atoms. The molecule has 2 rings (SSSR count). The van der Waals surface area contributed by atoms with Gasteiger partial charge in [0, 0.05) is 29.9 Å². The van der Waals surface area contributed by atoms with Crippen molar-refractivity contribution in [3.05, 3.63) is 40.6 Å². The lowest BCUT2D eigenvalue weighted by molar-refractivity contribution is -0.383. The van der Waals surface area contributed by atoms with E-state index in [2.05, 4.69) is 24.1 Å². The number of fused-ring (bicyclic) bond motifs is 1. The van der Waals surface area contributed by atoms with E-state index in [4.69, 9.17) is 0 Å². The van der Waals surface area contributed by atoms with Crippen LogP contribution in [0.1, 0.15) is 20.3 Å². The van der Waals surface area contributed by atoms with Crippen LogP contribution in [-0.4, -0.2) is 16.5 Å². The lowest BCUT2D eigenvalue weighted by Crippen LogP contribution is -2.10. The Hall–Kier alpha value is -2.17. The molecule has 100 valence electrons. The van der Waals surface area contributed by atoms with Gasteiger partial charge in [-0.3, -0.25) is 10.1 Å². The van der Waals surface area contributed by atoms with Crippen LogP contribution in [0.15, 0.2) is 30.5 Å². The third-order valence-electron chi connectivity index (χ3n) is 3.28. The van der Waals surface area contributed by atoms with E-state index < -0.39 is 4.92 Å². The normalized spacial score (nSPS) is 12.3. The number of benzene rings is 1. The van der Waals surface area contributed by atoms with E-state index in [1.807, 2.05) is 6.07 Å². The molecular weight excluding hydrogens is 242 g/mol. The van der Waals surface area contributed by atoms with Crippen LogP contribution in [0.4, 0.5) is 11.4 Å². The lowest BCUT2D eigenvalue weighted by Gasteiger charge is -2.13. The zero-order valence-electron chi connectivity index (χ0n) is 11.1. The Morgan fingerprint density at radius 3 is 2.89 bits per heavy atom. The number of nitro benzene ring substituents is 1. The van der Waals surface area contributed by atoms with E-state index >= 15 is 0 Å². The maximum absolute atomic E-state index is 11.0. The summed E-state index contributed by atoms with van der Waals surface area (Å²) < 4.78 is 0. The first-order valence-electron chi connectivity index (χ1n) is 6.39. The van der Waals surface area contributed by atoms with Crippen LogP contribution < -0.4 is 5.32 Å². The Morgan fingerprint density at radius 1 is 1.42 bits per heavy atom. The van der Waals surface area contributed by atoms with Crippen LogP contribution in [0.5, 0.6) is 0 Å². The van der Waals surface area contributed by atoms with Gasteiger partial charge in [0.25, 0.3) is 5.69 Å². The van der Waals surface area contributed by atoms with Crippen LogP contribution in [0.2, 0.25) is 0 Å². The first-order chi connectivity index (χ1) is 9.13. The quantitative estimate of drug-likeness (QED) is 0.658. The van der Waals surface area contributed by atoms with Crippen molar-refractivity contribution < 1.29 is 4.92 Å². The summed E-state index contributed by atoms with van der Waals surface area (Å²) in [5.41, 5.74) is 1.38. The second-order valence-electron chi connectivity index (χ2n) is 4.68. The standard InChI is InChI=1S/C14H17N3O2/c1-3-10(2)9-16-12-6-7-13(17(18)19)14-11(12)5-4-8-15-14/h4-8,10,16H,3,9H2,1-2H3. The molecule has 0 saturated heterocycles. The van der Waals surface area contributed by atoms with E-state index in [0.29, 0.717) is 11.4 Å². The minimum Gasteiger partial charge on any atom is -0.384 e. The van der Waals surface area contributed by atoms with Crippen LogP contribution in [0.25, 0.3) is 10.9 Å². The molecule has 0 aliphatic carbocycles. The van der Waals surface area contributed by atoms with E-state index in [1.165, 1.54) is 6.07 Å². The van der Waals surface area contributed by atoms with Gasteiger partial charge in [-0.25, -0.2) is 4.98 Å². The van der Waals surface area contributed by atoms with Crippen LogP contribution in [0.3, 0.4) is 0 Å². The monoisotopic (exact) mass is 259 g/mol. The molecule has 1 heterocycles. The molecule has 0 saturated carbocycles. The van der Waals surface area contributed by atoms with E-state index in [9.17, 15) is 10.1 Å². The van der Waals surface area contributed by atoms with Gasteiger partial charge in [0.05, 0.1) is 4.92 Å². The number of hydrogen-bond donors (Lipinski definition) is 1. The Morgan fingerprint density at radius 2 is 2.21 bits per heavy atom. The molecular formula is C14H17N3O2. The highest BCUT2D eigenvalue weighted by Gasteiger charge is 2.15. The largest absolute Gasteiger partial charge is 0.384 e. The van der Waals surface area contributed by atoms with Crippen molar-refractivity contribution in [2.75, 3.05) is 11.9 Å². The molecule has 2 aromatic rings. The third-order valence-corrected chi connectivity index (χ3v) is 3.28. The molecule has 0 fully saturated rings. The van der Waals surface area contributed by atoms with Crippen molar-refractivity contribution in [3.8, 4) is 0 Å². The van der Waals surface area contributed by atoms with Crippen molar-refractivity contribution in [1.82, 2.24) is 4.98 Å². The summed E-state index contributed by atoms with van der Waals surface area (Å²) in [6.45, 7) is 5.15. The van der Waals surface area contributed by atoms with Crippen molar-refractivity contribution in [3.63, 3.8) is 0 Å². The van der Waals surface area contributed by atoms with Gasteiger partial charge in [0.2, 0.25) is 0 Å². The van der Waals surface area contributed by atoms with Crippen LogP contribution in [-0.2, 0) is 0 Å². The molecule has 1 atom stereocenters. The van der Waals surface area contributed by atoms with Gasteiger partial charge in [-0.15, -0.1) is 0 Å². The molecule has 0 amide bonds. The Labute approximate surface area is 111 Å². The molecule has 1 unspecified atom stereocenters. The van der Waals surface area contributed by atoms with Crippen molar-refractivity contribution in [1.29, 1.82) is 0 Å². The molecule has 1 aromatic carbocycles. The summed E-state index contributed by atoms with van der Waals surface area (Å²) >= 11 is 0. The number of pyridine rings is 1. The second kappa shape index (κ2) is 5.65. The number of rotatable bonds is 5. The van der Waals surface area contributed by atoms with Crippen LogP contribution in [0, 0.1) is 16.0 Å². The van der Waals surface area contributed by atoms with Crippen LogP contribution >= 0.6 is 0 Å². The van der Waals surface area contributed by atoms with Gasteiger partial charge in [-0.1, -0.05) is 20.3 Å². The molecule has 19 heavy (non-hydrogen) atoms. The van der Waals surface area contributed by atoms with E-state index in [1.54, 1.807) is 18.3 Å². The summed E-state index contributed by atoms with van der Waals surface area (Å²) in [6, 6.07) is 6.91. The summed E-state index contributed by atoms with van der Waals surface area (Å²) in [5, 5.41) is 15.1. The smallest absolute Gasteiger partial charge is 0.295 e. The Kier molecular flexibility index (Phi) is 3.94. The Bertz CT molecular complexity index is 598. The minimum atomic E-state index is -0.395. The second-order valence-corrected chi connectivity index (χ2v) is 4.68. The van der Waals surface area contributed by atoms with Gasteiger partial charge in [0.1, 0.15) is 5.52 Å². The van der Waals surface area contributed by atoms with Crippen molar-refractivity contribution in [2.24, 2.45) is 5.92 Å². The number of hydrogen-bond acceptors (Lipinski definition) is 4. The van der Waals surface area contributed by atoms with Gasteiger partial charge in [-0.05, 0) is 24.1 Å². The third kappa shape index (κ3) is 2.81. The highest BCUT2D eigenvalue weighted by atomic mass is 16.6. The fraction of sp³-hybridized carbons (Fsp3) is 0.357. The van der Waals surface area contributed by atoms with Gasteiger partial charge >= 0.3 is 0 Å². The van der Waals surface area contributed by atoms with Gasteiger partial charge in [0.15, 0.2) is 0 Å². The number of aromatic nitrogens is 1. The topological polar surface area (TPSA) is 68.1 Å². The maximum atomic E-state index is 11.0. The summed E-state index contributed by atoms with van der Waals surface area (Å²) in [6.07, 6.45) is 2.67. The molecule has 0 radical (unpaired) electrons. The molecule has 5 nitrogen and oxygen atoms in total. The Balaban J connectivity index is 2.41. The summed E-state index contributed by atoms with van der Waals surface area (Å²) in [4.78, 5) is 14.7. The van der Waals surface area contributed by atoms with E-state index in [0.717, 1.165) is 24.0 Å². The molecule has 1 aromatic heterocycles. The fourth-order valence-electron chi connectivity index (χ4n) is 1.89. The molecule has 5 heteroatoms. The van der Waals surface area contributed by atoms with Crippen molar-refractivity contribution in [2.45, 2.75) is 20.3 Å². The zero-order chi connectivity index (χ0) is 13.8. The fourth-order valence-corrected chi connectivity index (χ4v) is 1.89. The number of nitro groups is 1. The lowest BCUT2D eigenvalue weighted by atomic mass is 10.1. The first-order valence-corrected chi connectivity index (χ1v) is 6.39. The molecule has 0 spiro atoms. The highest BCUT2D eigenvalue weighted by Crippen LogP contribution is 2.29. The highest BCUT2D eigenvalue weighted by molar-refractivity contribution is 5.96. The average molecular weight is 259 g/mol. The summed E-state index contributed by atoms with van der Waals surface area (Å²) in [7, 11) is 0. The molecule has 1 N–H and O–H groups in total. The van der Waals surface area contributed by atoms with Gasteiger partial charge in [-0.2, -0.15) is 0 Å². The first kappa shape index (κ1) is 13.3. The predicted octanol–water partition coefficient (Wildman–Crippen LogP) is 3.60. The number of nitrogens with one attached hydrogen (secondary N) is 1. The zero-order valence-corrected chi connectivity index (χ0v) is 11.1. The van der Waals surface area contributed by atoms with E-state index in [-0.39, 0.29) is 5.69 Å². The molecule has 0 aliphatic heterocycles.